The lowest BCUT2D eigenvalue weighted by Gasteiger charge is -2.17. The topological polar surface area (TPSA) is 37.8 Å². The first-order chi connectivity index (χ1) is 8.79. The molecule has 0 saturated heterocycles. The van der Waals surface area contributed by atoms with Gasteiger partial charge in [-0.3, -0.25) is 4.98 Å². The maximum absolute atomic E-state index is 4.62. The third kappa shape index (κ3) is 3.62. The molecule has 1 N–H and O–H groups in total. The molecule has 1 atom stereocenters. The Morgan fingerprint density at radius 2 is 2.28 bits per heavy atom. The third-order valence-corrected chi connectivity index (χ3v) is 3.57. The van der Waals surface area contributed by atoms with E-state index >= 15 is 0 Å². The second kappa shape index (κ2) is 6.61. The van der Waals surface area contributed by atoms with Crippen molar-refractivity contribution in [1.82, 2.24) is 15.3 Å². The molecule has 0 bridgehead atoms. The fourth-order valence-corrected chi connectivity index (χ4v) is 2.55. The Morgan fingerprint density at radius 1 is 1.39 bits per heavy atom. The zero-order chi connectivity index (χ0) is 12.8. The molecule has 3 nitrogen and oxygen atoms in total. The number of nitrogens with one attached hydrogen (secondary N) is 1. The van der Waals surface area contributed by atoms with Gasteiger partial charge in [-0.25, -0.2) is 4.98 Å². The Kier molecular flexibility index (Phi) is 4.84. The Balaban J connectivity index is 2.13. The summed E-state index contributed by atoms with van der Waals surface area (Å²) in [7, 11) is 0. The van der Waals surface area contributed by atoms with Crippen molar-refractivity contribution in [2.24, 2.45) is 0 Å². The molecule has 0 fully saturated rings. The largest absolute Gasteiger partial charge is 0.308 e. The quantitative estimate of drug-likeness (QED) is 0.868. The molecule has 0 amide bonds. The van der Waals surface area contributed by atoms with Crippen LogP contribution in [0.25, 0.3) is 0 Å². The highest BCUT2D eigenvalue weighted by molar-refractivity contribution is 7.09. The van der Waals surface area contributed by atoms with Crippen LogP contribution in [0.4, 0.5) is 0 Å². The van der Waals surface area contributed by atoms with E-state index in [1.807, 2.05) is 24.6 Å². The zero-order valence-corrected chi connectivity index (χ0v) is 11.7. The lowest BCUT2D eigenvalue weighted by Crippen LogP contribution is -2.25. The summed E-state index contributed by atoms with van der Waals surface area (Å²) >= 11 is 1.70. The van der Waals surface area contributed by atoms with Gasteiger partial charge in [0.1, 0.15) is 0 Å². The van der Waals surface area contributed by atoms with Crippen molar-refractivity contribution in [1.29, 1.82) is 0 Å². The average Bonchev–Trinajstić information content (AvgIpc) is 2.87. The molecule has 0 aliphatic rings. The van der Waals surface area contributed by atoms with Crippen LogP contribution in [0, 0.1) is 6.92 Å². The van der Waals surface area contributed by atoms with Crippen molar-refractivity contribution >= 4 is 11.3 Å². The van der Waals surface area contributed by atoms with Gasteiger partial charge in [-0.05, 0) is 32.0 Å². The molecule has 2 aromatic rings. The summed E-state index contributed by atoms with van der Waals surface area (Å²) in [5, 5.41) is 6.74. The van der Waals surface area contributed by atoms with Gasteiger partial charge in [-0.2, -0.15) is 0 Å². The summed E-state index contributed by atoms with van der Waals surface area (Å²) < 4.78 is 0. The SMILES string of the molecule is CCCNC(Cc1nccs1)c1cccc(C)n1. The minimum Gasteiger partial charge on any atom is -0.308 e. The third-order valence-electron chi connectivity index (χ3n) is 2.77. The highest BCUT2D eigenvalue weighted by atomic mass is 32.1. The molecule has 2 aromatic heterocycles. The molecular weight excluding hydrogens is 242 g/mol. The highest BCUT2D eigenvalue weighted by Gasteiger charge is 2.14. The van der Waals surface area contributed by atoms with Crippen LogP contribution < -0.4 is 5.32 Å². The van der Waals surface area contributed by atoms with Crippen molar-refractivity contribution in [2.45, 2.75) is 32.7 Å². The predicted molar refractivity (Wildman–Crippen MR) is 75.8 cm³/mol. The van der Waals surface area contributed by atoms with Crippen molar-refractivity contribution < 1.29 is 0 Å². The van der Waals surface area contributed by atoms with Crippen LogP contribution in [-0.2, 0) is 6.42 Å². The molecule has 0 spiro atoms. The summed E-state index contributed by atoms with van der Waals surface area (Å²) in [6.45, 7) is 5.21. The second-order valence-electron chi connectivity index (χ2n) is 4.34. The molecule has 4 heteroatoms. The molecule has 0 aromatic carbocycles. The monoisotopic (exact) mass is 261 g/mol. The van der Waals surface area contributed by atoms with Gasteiger partial charge in [0.25, 0.3) is 0 Å². The van der Waals surface area contributed by atoms with E-state index in [9.17, 15) is 0 Å². The van der Waals surface area contributed by atoms with E-state index in [-0.39, 0.29) is 6.04 Å². The number of thiazole rings is 1. The standard InChI is InChI=1S/C14H19N3S/c1-3-7-15-13(10-14-16-8-9-18-14)12-6-4-5-11(2)17-12/h4-6,8-9,13,15H,3,7,10H2,1-2H3. The van der Waals surface area contributed by atoms with Crippen LogP contribution in [-0.4, -0.2) is 16.5 Å². The Bertz CT molecular complexity index is 468. The maximum Gasteiger partial charge on any atom is 0.0944 e. The van der Waals surface area contributed by atoms with Gasteiger partial charge in [0, 0.05) is 23.7 Å². The lowest BCUT2D eigenvalue weighted by molar-refractivity contribution is 0.516. The van der Waals surface area contributed by atoms with Crippen LogP contribution in [0.3, 0.4) is 0 Å². The fourth-order valence-electron chi connectivity index (χ4n) is 1.89. The normalized spacial score (nSPS) is 12.6. The van der Waals surface area contributed by atoms with Gasteiger partial charge in [0.15, 0.2) is 0 Å². The molecule has 96 valence electrons. The van der Waals surface area contributed by atoms with E-state index in [4.69, 9.17) is 0 Å². The van der Waals surface area contributed by atoms with E-state index in [2.05, 4.69) is 34.3 Å². The predicted octanol–water partition coefficient (Wildman–Crippen LogP) is 3.13. The Morgan fingerprint density at radius 3 is 2.94 bits per heavy atom. The van der Waals surface area contributed by atoms with Crippen molar-refractivity contribution in [3.63, 3.8) is 0 Å². The van der Waals surface area contributed by atoms with E-state index in [0.29, 0.717) is 0 Å². The summed E-state index contributed by atoms with van der Waals surface area (Å²) in [5.74, 6) is 0. The first-order valence-corrected chi connectivity index (χ1v) is 7.23. The van der Waals surface area contributed by atoms with Gasteiger partial charge in [-0.15, -0.1) is 11.3 Å². The molecule has 0 aliphatic heterocycles. The van der Waals surface area contributed by atoms with Crippen molar-refractivity contribution in [3.8, 4) is 0 Å². The van der Waals surface area contributed by atoms with Gasteiger partial charge >= 0.3 is 0 Å². The molecular formula is C14H19N3S. The van der Waals surface area contributed by atoms with Crippen molar-refractivity contribution in [2.75, 3.05) is 6.54 Å². The maximum atomic E-state index is 4.62. The Hall–Kier alpha value is -1.26. The summed E-state index contributed by atoms with van der Waals surface area (Å²) in [4.78, 5) is 8.98. The first kappa shape index (κ1) is 13.2. The van der Waals surface area contributed by atoms with E-state index in [1.165, 1.54) is 0 Å². The second-order valence-corrected chi connectivity index (χ2v) is 5.32. The van der Waals surface area contributed by atoms with Crippen LogP contribution in [0.1, 0.15) is 35.8 Å². The lowest BCUT2D eigenvalue weighted by atomic mass is 10.1. The van der Waals surface area contributed by atoms with Crippen LogP contribution in [0.2, 0.25) is 0 Å². The minimum atomic E-state index is 0.260. The molecule has 18 heavy (non-hydrogen) atoms. The van der Waals surface area contributed by atoms with Gasteiger partial charge < -0.3 is 5.32 Å². The number of pyridine rings is 1. The molecule has 0 saturated carbocycles. The number of nitrogens with zero attached hydrogens (tertiary/aromatic N) is 2. The van der Waals surface area contributed by atoms with E-state index < -0.39 is 0 Å². The van der Waals surface area contributed by atoms with Gasteiger partial charge in [0.2, 0.25) is 0 Å². The van der Waals surface area contributed by atoms with Crippen molar-refractivity contribution in [3.05, 3.63) is 46.2 Å². The average molecular weight is 261 g/mol. The summed E-state index contributed by atoms with van der Waals surface area (Å²) in [6, 6.07) is 6.45. The molecule has 0 radical (unpaired) electrons. The zero-order valence-electron chi connectivity index (χ0n) is 10.9. The molecule has 2 heterocycles. The van der Waals surface area contributed by atoms with Gasteiger partial charge in [-0.1, -0.05) is 13.0 Å². The minimum absolute atomic E-state index is 0.260. The number of hydrogen-bond acceptors (Lipinski definition) is 4. The van der Waals surface area contributed by atoms with E-state index in [0.717, 1.165) is 35.8 Å². The number of hydrogen-bond donors (Lipinski definition) is 1. The summed E-state index contributed by atoms with van der Waals surface area (Å²) in [6.07, 6.45) is 3.90. The van der Waals surface area contributed by atoms with E-state index in [1.54, 1.807) is 11.3 Å². The first-order valence-electron chi connectivity index (χ1n) is 6.35. The van der Waals surface area contributed by atoms with Crippen LogP contribution >= 0.6 is 11.3 Å². The molecule has 2 rings (SSSR count). The molecule has 0 aliphatic carbocycles. The van der Waals surface area contributed by atoms with Crippen LogP contribution in [0.5, 0.6) is 0 Å². The smallest absolute Gasteiger partial charge is 0.0944 e. The summed E-state index contributed by atoms with van der Waals surface area (Å²) in [5.41, 5.74) is 2.17. The number of rotatable bonds is 6. The highest BCUT2D eigenvalue weighted by Crippen LogP contribution is 2.18. The number of aryl methyl sites for hydroxylation is 1. The number of aromatic nitrogens is 2. The Labute approximate surface area is 112 Å². The van der Waals surface area contributed by atoms with Crippen LogP contribution in [0.15, 0.2) is 29.8 Å². The van der Waals surface area contributed by atoms with Gasteiger partial charge in [0.05, 0.1) is 16.7 Å². The molecule has 1 unspecified atom stereocenters. The fraction of sp³-hybridized carbons (Fsp3) is 0.429.